The number of para-hydroxylation sites is 1. The van der Waals surface area contributed by atoms with Gasteiger partial charge in [0.05, 0.1) is 21.2 Å². The Kier molecular flexibility index (Phi) is 4.53. The molecule has 0 aliphatic carbocycles. The lowest BCUT2D eigenvalue weighted by atomic mass is 10.1. The number of hydrogen-bond donors (Lipinski definition) is 1. The van der Waals surface area contributed by atoms with E-state index in [1.54, 1.807) is 11.3 Å². The van der Waals surface area contributed by atoms with Crippen LogP contribution in [-0.2, 0) is 0 Å². The molecule has 108 valence electrons. The molecule has 1 atom stereocenters. The van der Waals surface area contributed by atoms with Crippen molar-refractivity contribution in [2.45, 2.75) is 13.0 Å². The summed E-state index contributed by atoms with van der Waals surface area (Å²) in [4.78, 5) is 0. The van der Waals surface area contributed by atoms with Crippen LogP contribution < -0.4 is 5.32 Å². The Hall–Kier alpha value is -1.43. The fourth-order valence-corrected chi connectivity index (χ4v) is 3.59. The van der Waals surface area contributed by atoms with Gasteiger partial charge >= 0.3 is 0 Å². The molecular formula is C16H16BrN3S. The van der Waals surface area contributed by atoms with Gasteiger partial charge in [0.2, 0.25) is 0 Å². The van der Waals surface area contributed by atoms with Gasteiger partial charge in [0.25, 0.3) is 0 Å². The second-order valence-electron chi connectivity index (χ2n) is 4.68. The highest BCUT2D eigenvalue weighted by atomic mass is 79.9. The topological polar surface area (TPSA) is 29.9 Å². The standard InChI is InChI=1S/C16H16BrN3S/c1-2-18-16(12-10-15(17)21-11-12)14-8-9-19-20(14)13-6-4-3-5-7-13/h3-11,16,18H,2H2,1H3. The summed E-state index contributed by atoms with van der Waals surface area (Å²) in [6, 6.07) is 14.6. The molecule has 2 heterocycles. The van der Waals surface area contributed by atoms with Gasteiger partial charge in [-0.05, 0) is 57.7 Å². The molecule has 2 aromatic heterocycles. The van der Waals surface area contributed by atoms with Gasteiger partial charge in [-0.25, -0.2) is 4.68 Å². The minimum absolute atomic E-state index is 0.139. The monoisotopic (exact) mass is 361 g/mol. The Balaban J connectivity index is 2.03. The van der Waals surface area contributed by atoms with Crippen molar-refractivity contribution in [3.05, 3.63) is 69.1 Å². The molecule has 5 heteroatoms. The van der Waals surface area contributed by atoms with Gasteiger partial charge in [-0.3, -0.25) is 0 Å². The van der Waals surface area contributed by atoms with Crippen molar-refractivity contribution >= 4 is 27.3 Å². The van der Waals surface area contributed by atoms with E-state index >= 15 is 0 Å². The summed E-state index contributed by atoms with van der Waals surface area (Å²) in [7, 11) is 0. The van der Waals surface area contributed by atoms with E-state index in [0.29, 0.717) is 0 Å². The van der Waals surface area contributed by atoms with Crippen LogP contribution in [0.1, 0.15) is 24.2 Å². The van der Waals surface area contributed by atoms with Gasteiger partial charge in [-0.1, -0.05) is 25.1 Å². The van der Waals surface area contributed by atoms with Gasteiger partial charge in [0.1, 0.15) is 0 Å². The summed E-state index contributed by atoms with van der Waals surface area (Å²) in [6.45, 7) is 3.02. The third kappa shape index (κ3) is 3.10. The summed E-state index contributed by atoms with van der Waals surface area (Å²) in [6.07, 6.45) is 1.86. The summed E-state index contributed by atoms with van der Waals surface area (Å²) in [5, 5.41) is 10.2. The first-order valence-electron chi connectivity index (χ1n) is 6.86. The first-order chi connectivity index (χ1) is 10.3. The Morgan fingerprint density at radius 2 is 2.10 bits per heavy atom. The molecule has 0 amide bonds. The predicted molar refractivity (Wildman–Crippen MR) is 91.1 cm³/mol. The van der Waals surface area contributed by atoms with Gasteiger partial charge in [0, 0.05) is 6.20 Å². The van der Waals surface area contributed by atoms with E-state index in [1.807, 2.05) is 29.1 Å². The van der Waals surface area contributed by atoms with Crippen molar-refractivity contribution in [1.29, 1.82) is 0 Å². The number of rotatable bonds is 5. The molecule has 1 unspecified atom stereocenters. The minimum Gasteiger partial charge on any atom is -0.305 e. The Morgan fingerprint density at radius 3 is 2.76 bits per heavy atom. The number of nitrogens with zero attached hydrogens (tertiary/aromatic N) is 2. The van der Waals surface area contributed by atoms with Crippen LogP contribution in [0.5, 0.6) is 0 Å². The Morgan fingerprint density at radius 1 is 1.29 bits per heavy atom. The lowest BCUT2D eigenvalue weighted by Crippen LogP contribution is -2.24. The SMILES string of the molecule is CCNC(c1csc(Br)c1)c1ccnn1-c1ccccc1. The van der Waals surface area contributed by atoms with E-state index < -0.39 is 0 Å². The minimum atomic E-state index is 0.139. The highest BCUT2D eigenvalue weighted by Gasteiger charge is 2.19. The Labute approximate surface area is 136 Å². The van der Waals surface area contributed by atoms with E-state index in [4.69, 9.17) is 0 Å². The highest BCUT2D eigenvalue weighted by molar-refractivity contribution is 9.11. The second-order valence-corrected chi connectivity index (χ2v) is 6.97. The fraction of sp³-hybridized carbons (Fsp3) is 0.188. The smallest absolute Gasteiger partial charge is 0.0761 e. The van der Waals surface area contributed by atoms with E-state index in [2.05, 4.69) is 62.9 Å². The van der Waals surface area contributed by atoms with Crippen molar-refractivity contribution in [2.24, 2.45) is 0 Å². The number of aromatic nitrogens is 2. The van der Waals surface area contributed by atoms with Crippen LogP contribution in [0.3, 0.4) is 0 Å². The predicted octanol–water partition coefficient (Wildman–Crippen LogP) is 4.40. The summed E-state index contributed by atoms with van der Waals surface area (Å²) in [5.41, 5.74) is 3.48. The first kappa shape index (κ1) is 14.5. The maximum Gasteiger partial charge on any atom is 0.0761 e. The van der Waals surface area contributed by atoms with Gasteiger partial charge < -0.3 is 5.32 Å². The lowest BCUT2D eigenvalue weighted by Gasteiger charge is -2.18. The van der Waals surface area contributed by atoms with Crippen molar-refractivity contribution in [3.8, 4) is 5.69 Å². The normalized spacial score (nSPS) is 12.5. The van der Waals surface area contributed by atoms with Crippen LogP contribution in [0.25, 0.3) is 5.69 Å². The maximum atomic E-state index is 4.49. The quantitative estimate of drug-likeness (QED) is 0.729. The second kappa shape index (κ2) is 6.56. The molecule has 3 nitrogen and oxygen atoms in total. The van der Waals surface area contributed by atoms with Crippen LogP contribution in [0.2, 0.25) is 0 Å². The molecule has 1 N–H and O–H groups in total. The largest absolute Gasteiger partial charge is 0.305 e. The van der Waals surface area contributed by atoms with Crippen LogP contribution in [-0.4, -0.2) is 16.3 Å². The molecule has 0 radical (unpaired) electrons. The molecule has 0 fully saturated rings. The molecule has 0 saturated heterocycles. The summed E-state index contributed by atoms with van der Waals surface area (Å²) in [5.74, 6) is 0. The van der Waals surface area contributed by atoms with Crippen molar-refractivity contribution < 1.29 is 0 Å². The van der Waals surface area contributed by atoms with E-state index in [0.717, 1.165) is 21.7 Å². The molecular weight excluding hydrogens is 346 g/mol. The molecule has 0 spiro atoms. The lowest BCUT2D eigenvalue weighted by molar-refractivity contribution is 0.595. The zero-order valence-corrected chi connectivity index (χ0v) is 14.1. The molecule has 21 heavy (non-hydrogen) atoms. The van der Waals surface area contributed by atoms with E-state index in [9.17, 15) is 0 Å². The number of halogens is 1. The Bertz CT molecular complexity index is 705. The third-order valence-electron chi connectivity index (χ3n) is 3.30. The average molecular weight is 362 g/mol. The third-order valence-corrected chi connectivity index (χ3v) is 4.82. The number of benzene rings is 1. The average Bonchev–Trinajstić information content (AvgIpc) is 3.15. The molecule has 3 rings (SSSR count). The number of nitrogens with one attached hydrogen (secondary N) is 1. The van der Waals surface area contributed by atoms with Gasteiger partial charge in [-0.2, -0.15) is 5.10 Å². The maximum absolute atomic E-state index is 4.49. The summed E-state index contributed by atoms with van der Waals surface area (Å²) >= 11 is 5.25. The molecule has 3 aromatic rings. The summed E-state index contributed by atoms with van der Waals surface area (Å²) < 4.78 is 3.14. The molecule has 0 saturated carbocycles. The van der Waals surface area contributed by atoms with E-state index in [-0.39, 0.29) is 6.04 Å². The van der Waals surface area contributed by atoms with Gasteiger partial charge in [-0.15, -0.1) is 11.3 Å². The van der Waals surface area contributed by atoms with Crippen LogP contribution in [0, 0.1) is 0 Å². The van der Waals surface area contributed by atoms with Crippen LogP contribution in [0.15, 0.2) is 57.8 Å². The molecule has 0 aliphatic heterocycles. The fourth-order valence-electron chi connectivity index (χ4n) is 2.39. The van der Waals surface area contributed by atoms with Crippen molar-refractivity contribution in [3.63, 3.8) is 0 Å². The molecule has 1 aromatic carbocycles. The van der Waals surface area contributed by atoms with Gasteiger partial charge in [0.15, 0.2) is 0 Å². The molecule has 0 bridgehead atoms. The van der Waals surface area contributed by atoms with Crippen molar-refractivity contribution in [1.82, 2.24) is 15.1 Å². The van der Waals surface area contributed by atoms with E-state index in [1.165, 1.54) is 5.56 Å². The van der Waals surface area contributed by atoms with Crippen LogP contribution >= 0.6 is 27.3 Å². The number of hydrogen-bond acceptors (Lipinski definition) is 3. The zero-order chi connectivity index (χ0) is 14.7. The van der Waals surface area contributed by atoms with Crippen molar-refractivity contribution in [2.75, 3.05) is 6.54 Å². The molecule has 0 aliphatic rings. The number of thiophene rings is 1. The highest BCUT2D eigenvalue weighted by Crippen LogP contribution is 2.30. The van der Waals surface area contributed by atoms with Crippen LogP contribution in [0.4, 0.5) is 0 Å². The first-order valence-corrected chi connectivity index (χ1v) is 8.53. The zero-order valence-electron chi connectivity index (χ0n) is 11.7.